The fraction of sp³-hybridized carbons (Fsp3) is 0.269. The van der Waals surface area contributed by atoms with Gasteiger partial charge in [0.25, 0.3) is 0 Å². The van der Waals surface area contributed by atoms with Crippen LogP contribution in [0.25, 0.3) is 0 Å². The van der Waals surface area contributed by atoms with Crippen molar-refractivity contribution in [3.8, 4) is 5.75 Å². The summed E-state index contributed by atoms with van der Waals surface area (Å²) in [4.78, 5) is 14.5. The monoisotopic (exact) mass is 498 g/mol. The van der Waals surface area contributed by atoms with Crippen LogP contribution in [0.2, 0.25) is 0 Å². The minimum absolute atomic E-state index is 0.0809. The highest BCUT2D eigenvalue weighted by molar-refractivity contribution is 7.98. The molecule has 3 aromatic carbocycles. The second kappa shape index (κ2) is 11.6. The van der Waals surface area contributed by atoms with Gasteiger partial charge in [-0.25, -0.2) is 8.42 Å². The number of nitrogens with one attached hydrogen (secondary N) is 2. The van der Waals surface area contributed by atoms with E-state index in [1.807, 2.05) is 67.8 Å². The van der Waals surface area contributed by atoms with Crippen molar-refractivity contribution in [2.45, 2.75) is 42.1 Å². The Morgan fingerprint density at radius 3 is 2.29 bits per heavy atom. The van der Waals surface area contributed by atoms with Gasteiger partial charge in [-0.2, -0.15) is 4.72 Å². The fourth-order valence-electron chi connectivity index (χ4n) is 3.60. The summed E-state index contributed by atoms with van der Waals surface area (Å²) in [6, 6.07) is 20.6. The zero-order valence-corrected chi connectivity index (χ0v) is 21.4. The molecule has 0 saturated carbocycles. The van der Waals surface area contributed by atoms with Crippen LogP contribution in [0, 0.1) is 6.92 Å². The highest BCUT2D eigenvalue weighted by Gasteiger charge is 2.27. The van der Waals surface area contributed by atoms with Crippen LogP contribution < -0.4 is 14.8 Å². The summed E-state index contributed by atoms with van der Waals surface area (Å²) in [6.07, 6.45) is 2.23. The van der Waals surface area contributed by atoms with E-state index in [2.05, 4.69) is 10.0 Å². The molecule has 180 valence electrons. The van der Waals surface area contributed by atoms with Gasteiger partial charge in [0.1, 0.15) is 11.8 Å². The molecule has 2 N–H and O–H groups in total. The molecule has 0 aliphatic carbocycles. The molecule has 0 radical (unpaired) electrons. The van der Waals surface area contributed by atoms with Crippen LogP contribution in [0.15, 0.2) is 82.6 Å². The minimum Gasteiger partial charge on any atom is -0.496 e. The number of rotatable bonds is 10. The summed E-state index contributed by atoms with van der Waals surface area (Å²) in [6.45, 7) is 3.66. The number of methoxy groups -OCH3 is 1. The Kier molecular flexibility index (Phi) is 8.77. The van der Waals surface area contributed by atoms with E-state index in [0.29, 0.717) is 11.3 Å². The van der Waals surface area contributed by atoms with E-state index < -0.39 is 16.1 Å². The topological polar surface area (TPSA) is 84.5 Å². The maximum atomic E-state index is 13.3. The molecule has 0 spiro atoms. The summed E-state index contributed by atoms with van der Waals surface area (Å²) in [5, 5.41) is 2.96. The Morgan fingerprint density at radius 1 is 1.03 bits per heavy atom. The molecule has 0 aliphatic heterocycles. The lowest BCUT2D eigenvalue weighted by atomic mass is 10.0. The second-order valence-electron chi connectivity index (χ2n) is 8.00. The molecule has 3 aromatic rings. The number of sulfonamides is 1. The first-order valence-corrected chi connectivity index (χ1v) is 13.6. The van der Waals surface area contributed by atoms with Gasteiger partial charge >= 0.3 is 0 Å². The third-order valence-electron chi connectivity index (χ3n) is 5.55. The van der Waals surface area contributed by atoms with Gasteiger partial charge in [0.15, 0.2) is 0 Å². The van der Waals surface area contributed by atoms with Crippen molar-refractivity contribution in [3.63, 3.8) is 0 Å². The molecule has 8 heteroatoms. The highest BCUT2D eigenvalue weighted by Crippen LogP contribution is 2.22. The number of hydrogen-bond acceptors (Lipinski definition) is 5. The van der Waals surface area contributed by atoms with Gasteiger partial charge in [0.2, 0.25) is 15.9 Å². The van der Waals surface area contributed by atoms with Crippen LogP contribution in [0.3, 0.4) is 0 Å². The molecule has 0 heterocycles. The summed E-state index contributed by atoms with van der Waals surface area (Å²) < 4.78 is 34.2. The molecule has 0 aliphatic rings. The molecule has 2 unspecified atom stereocenters. The zero-order chi connectivity index (χ0) is 24.7. The molecule has 1 amide bonds. The lowest BCUT2D eigenvalue weighted by Crippen LogP contribution is -2.48. The Labute approximate surface area is 206 Å². The van der Waals surface area contributed by atoms with Gasteiger partial charge in [-0.05, 0) is 73.5 Å². The number of amides is 1. The fourth-order valence-corrected chi connectivity index (χ4v) is 5.29. The van der Waals surface area contributed by atoms with Crippen molar-refractivity contribution < 1.29 is 17.9 Å². The predicted octanol–water partition coefficient (Wildman–Crippen LogP) is 4.49. The quantitative estimate of drug-likeness (QED) is 0.402. The molecule has 3 rings (SSSR count). The predicted molar refractivity (Wildman–Crippen MR) is 137 cm³/mol. The van der Waals surface area contributed by atoms with Crippen LogP contribution in [0.5, 0.6) is 5.75 Å². The number of benzene rings is 3. The molecule has 0 aromatic heterocycles. The Morgan fingerprint density at radius 2 is 1.71 bits per heavy atom. The summed E-state index contributed by atoms with van der Waals surface area (Å²) in [5.41, 5.74) is 2.49. The van der Waals surface area contributed by atoms with Crippen molar-refractivity contribution in [2.75, 3.05) is 13.4 Å². The Bertz CT molecular complexity index is 1210. The molecule has 0 fully saturated rings. The van der Waals surface area contributed by atoms with E-state index >= 15 is 0 Å². The average Bonchev–Trinajstić information content (AvgIpc) is 2.84. The average molecular weight is 499 g/mol. The van der Waals surface area contributed by atoms with Gasteiger partial charge in [-0.15, -0.1) is 11.8 Å². The maximum absolute atomic E-state index is 13.3. The summed E-state index contributed by atoms with van der Waals surface area (Å²) >= 11 is 1.64. The van der Waals surface area contributed by atoms with Crippen LogP contribution in [0.1, 0.15) is 29.7 Å². The Balaban J connectivity index is 1.83. The van der Waals surface area contributed by atoms with Crippen LogP contribution in [-0.4, -0.2) is 33.7 Å². The smallest absolute Gasteiger partial charge is 0.241 e. The third-order valence-corrected chi connectivity index (χ3v) is 7.76. The van der Waals surface area contributed by atoms with Crippen molar-refractivity contribution in [3.05, 3.63) is 89.5 Å². The van der Waals surface area contributed by atoms with Crippen molar-refractivity contribution >= 4 is 27.7 Å². The number of carbonyl (C=O) groups excluding carboxylic acids is 1. The van der Waals surface area contributed by atoms with Crippen LogP contribution >= 0.6 is 11.8 Å². The van der Waals surface area contributed by atoms with Crippen LogP contribution in [0.4, 0.5) is 0 Å². The van der Waals surface area contributed by atoms with E-state index in [1.54, 1.807) is 24.8 Å². The number of aryl methyl sites for hydroxylation is 1. The van der Waals surface area contributed by atoms with Gasteiger partial charge in [0, 0.05) is 4.90 Å². The molecule has 6 nitrogen and oxygen atoms in total. The Hall–Kier alpha value is -2.81. The lowest BCUT2D eigenvalue weighted by molar-refractivity contribution is -0.123. The van der Waals surface area contributed by atoms with E-state index in [9.17, 15) is 13.2 Å². The molecular formula is C26H30N2O4S2. The van der Waals surface area contributed by atoms with Crippen molar-refractivity contribution in [1.82, 2.24) is 10.0 Å². The van der Waals surface area contributed by atoms with Gasteiger partial charge < -0.3 is 10.1 Å². The molecule has 0 saturated heterocycles. The first kappa shape index (κ1) is 25.8. The number of ether oxygens (including phenoxy) is 1. The number of thioether (sulfide) groups is 1. The molecule has 34 heavy (non-hydrogen) atoms. The maximum Gasteiger partial charge on any atom is 0.241 e. The van der Waals surface area contributed by atoms with Gasteiger partial charge in [0.05, 0.1) is 18.0 Å². The summed E-state index contributed by atoms with van der Waals surface area (Å²) in [5.74, 6) is 0.206. The third kappa shape index (κ3) is 6.62. The standard InChI is InChI=1S/C26H30N2O4S2/c1-18-16-23(14-15-25(18)32-3)34(30,31)28-24(17-20-8-6-5-7-9-20)26(29)27-19(2)21-10-12-22(33-4)13-11-21/h5-16,19,24,28H,17H2,1-4H3,(H,27,29). The first-order chi connectivity index (χ1) is 16.2. The largest absolute Gasteiger partial charge is 0.496 e. The van der Waals surface area contributed by atoms with Crippen LogP contribution in [-0.2, 0) is 21.2 Å². The normalized spacial score (nSPS) is 13.2. The highest BCUT2D eigenvalue weighted by atomic mass is 32.2. The van der Waals surface area contributed by atoms with Crippen molar-refractivity contribution in [2.24, 2.45) is 0 Å². The van der Waals surface area contributed by atoms with Gasteiger partial charge in [-0.1, -0.05) is 42.5 Å². The second-order valence-corrected chi connectivity index (χ2v) is 10.6. The molecule has 0 bridgehead atoms. The van der Waals surface area contributed by atoms with E-state index in [-0.39, 0.29) is 23.3 Å². The molecule has 2 atom stereocenters. The van der Waals surface area contributed by atoms with E-state index in [1.165, 1.54) is 19.2 Å². The van der Waals surface area contributed by atoms with E-state index in [0.717, 1.165) is 16.0 Å². The zero-order valence-electron chi connectivity index (χ0n) is 19.7. The SMILES string of the molecule is COc1ccc(S(=O)(=O)NC(Cc2ccccc2)C(=O)NC(C)c2ccc(SC)cc2)cc1C. The number of carbonyl (C=O) groups is 1. The minimum atomic E-state index is -3.95. The molecular weight excluding hydrogens is 468 g/mol. The first-order valence-electron chi connectivity index (χ1n) is 10.9. The summed E-state index contributed by atoms with van der Waals surface area (Å²) in [7, 11) is -2.42. The van der Waals surface area contributed by atoms with Crippen molar-refractivity contribution in [1.29, 1.82) is 0 Å². The number of hydrogen-bond donors (Lipinski definition) is 2. The van der Waals surface area contributed by atoms with Gasteiger partial charge in [-0.3, -0.25) is 4.79 Å². The van der Waals surface area contributed by atoms with E-state index in [4.69, 9.17) is 4.74 Å². The lowest BCUT2D eigenvalue weighted by Gasteiger charge is -2.22.